The number of carbonyl (C=O) groups is 1. The van der Waals surface area contributed by atoms with E-state index in [1.807, 2.05) is 0 Å². The number of nitrogens with zero attached hydrogens (tertiary/aromatic N) is 1. The number of hydrogen-bond acceptors (Lipinski definition) is 2. The number of halogens is 3. The van der Waals surface area contributed by atoms with Gasteiger partial charge in [-0.25, -0.2) is 4.98 Å². The first kappa shape index (κ1) is 12.7. The number of ketones is 1. The SMILES string of the molecule is CC(=O)c1cc(C(C)C)cc(C(F)(F)F)n1. The summed E-state index contributed by atoms with van der Waals surface area (Å²) in [5, 5.41) is 0. The number of rotatable bonds is 2. The van der Waals surface area contributed by atoms with Crippen molar-refractivity contribution in [2.75, 3.05) is 0 Å². The quantitative estimate of drug-likeness (QED) is 0.730. The highest BCUT2D eigenvalue weighted by Gasteiger charge is 2.33. The topological polar surface area (TPSA) is 30.0 Å². The molecule has 1 aromatic rings. The van der Waals surface area contributed by atoms with Crippen LogP contribution in [0.4, 0.5) is 13.2 Å². The van der Waals surface area contributed by atoms with E-state index < -0.39 is 17.7 Å². The van der Waals surface area contributed by atoms with Crippen molar-refractivity contribution in [3.05, 3.63) is 29.1 Å². The van der Waals surface area contributed by atoms with E-state index in [0.717, 1.165) is 6.07 Å². The minimum atomic E-state index is -4.52. The summed E-state index contributed by atoms with van der Waals surface area (Å²) < 4.78 is 37.5. The number of alkyl halides is 3. The third-order valence-electron chi connectivity index (χ3n) is 2.17. The standard InChI is InChI=1S/C11H12F3NO/c1-6(2)8-4-9(7(3)16)15-10(5-8)11(12,13)14/h4-6H,1-3H3. The first-order valence-electron chi connectivity index (χ1n) is 4.82. The fourth-order valence-electron chi connectivity index (χ4n) is 1.21. The van der Waals surface area contributed by atoms with Crippen LogP contribution < -0.4 is 0 Å². The Bertz CT molecular complexity index is 410. The predicted molar refractivity (Wildman–Crippen MR) is 53.3 cm³/mol. The van der Waals surface area contributed by atoms with Gasteiger partial charge in [-0.3, -0.25) is 4.79 Å². The number of pyridine rings is 1. The van der Waals surface area contributed by atoms with Crippen LogP contribution in [0.1, 0.15) is 48.4 Å². The highest BCUT2D eigenvalue weighted by atomic mass is 19.4. The normalized spacial score (nSPS) is 11.9. The molecule has 0 saturated heterocycles. The molecule has 0 radical (unpaired) electrons. The van der Waals surface area contributed by atoms with Gasteiger partial charge in [0.2, 0.25) is 0 Å². The van der Waals surface area contributed by atoms with Crippen LogP contribution in [0.5, 0.6) is 0 Å². The highest BCUT2D eigenvalue weighted by molar-refractivity contribution is 5.92. The third kappa shape index (κ3) is 2.81. The van der Waals surface area contributed by atoms with E-state index in [4.69, 9.17) is 0 Å². The number of carbonyl (C=O) groups excluding carboxylic acids is 1. The van der Waals surface area contributed by atoms with Gasteiger partial charge in [-0.2, -0.15) is 13.2 Å². The maximum absolute atomic E-state index is 12.5. The largest absolute Gasteiger partial charge is 0.433 e. The molecule has 0 aliphatic heterocycles. The Morgan fingerprint density at radius 1 is 1.31 bits per heavy atom. The molecule has 0 amide bonds. The number of hydrogen-bond donors (Lipinski definition) is 0. The van der Waals surface area contributed by atoms with E-state index in [1.54, 1.807) is 13.8 Å². The lowest BCUT2D eigenvalue weighted by atomic mass is 10.0. The molecule has 1 heterocycles. The molecule has 2 nitrogen and oxygen atoms in total. The molecule has 0 aliphatic carbocycles. The van der Waals surface area contributed by atoms with Crippen molar-refractivity contribution in [2.24, 2.45) is 0 Å². The lowest BCUT2D eigenvalue weighted by molar-refractivity contribution is -0.141. The Labute approximate surface area is 91.5 Å². The van der Waals surface area contributed by atoms with Gasteiger partial charge in [0.1, 0.15) is 11.4 Å². The van der Waals surface area contributed by atoms with Gasteiger partial charge in [0.25, 0.3) is 0 Å². The summed E-state index contributed by atoms with van der Waals surface area (Å²) in [6, 6.07) is 2.39. The second-order valence-electron chi connectivity index (χ2n) is 3.88. The zero-order chi connectivity index (χ0) is 12.5. The Hall–Kier alpha value is -1.39. The average molecular weight is 231 g/mol. The van der Waals surface area contributed by atoms with Crippen molar-refractivity contribution in [1.29, 1.82) is 0 Å². The Morgan fingerprint density at radius 3 is 2.25 bits per heavy atom. The van der Waals surface area contributed by atoms with Gasteiger partial charge >= 0.3 is 6.18 Å². The highest BCUT2D eigenvalue weighted by Crippen LogP contribution is 2.30. The smallest absolute Gasteiger partial charge is 0.293 e. The molecule has 16 heavy (non-hydrogen) atoms. The van der Waals surface area contributed by atoms with Gasteiger partial charge in [-0.1, -0.05) is 13.8 Å². The van der Waals surface area contributed by atoms with Crippen molar-refractivity contribution in [3.8, 4) is 0 Å². The Morgan fingerprint density at radius 2 is 1.88 bits per heavy atom. The number of aromatic nitrogens is 1. The van der Waals surface area contributed by atoms with Gasteiger partial charge in [0, 0.05) is 6.92 Å². The molecule has 88 valence electrons. The fraction of sp³-hybridized carbons (Fsp3) is 0.455. The molecule has 1 aromatic heterocycles. The molecule has 0 aromatic carbocycles. The monoisotopic (exact) mass is 231 g/mol. The molecule has 0 saturated carbocycles. The van der Waals surface area contributed by atoms with E-state index in [9.17, 15) is 18.0 Å². The zero-order valence-electron chi connectivity index (χ0n) is 9.22. The van der Waals surface area contributed by atoms with Gasteiger partial charge in [-0.05, 0) is 23.6 Å². The van der Waals surface area contributed by atoms with Crippen LogP contribution in [0, 0.1) is 0 Å². The van der Waals surface area contributed by atoms with Gasteiger partial charge in [0.05, 0.1) is 0 Å². The zero-order valence-corrected chi connectivity index (χ0v) is 9.22. The lowest BCUT2D eigenvalue weighted by Crippen LogP contribution is -2.12. The molecule has 0 aliphatic rings. The van der Waals surface area contributed by atoms with Crippen molar-refractivity contribution < 1.29 is 18.0 Å². The van der Waals surface area contributed by atoms with Crippen LogP contribution in [0.25, 0.3) is 0 Å². The van der Waals surface area contributed by atoms with Crippen LogP contribution in [-0.4, -0.2) is 10.8 Å². The second kappa shape index (κ2) is 4.23. The van der Waals surface area contributed by atoms with Crippen LogP contribution in [0.3, 0.4) is 0 Å². The maximum Gasteiger partial charge on any atom is 0.433 e. The van der Waals surface area contributed by atoms with Gasteiger partial charge in [0.15, 0.2) is 5.78 Å². The minimum absolute atomic E-state index is 0.0813. The van der Waals surface area contributed by atoms with Crippen molar-refractivity contribution in [2.45, 2.75) is 32.9 Å². The Balaban J connectivity index is 3.36. The van der Waals surface area contributed by atoms with Crippen molar-refractivity contribution in [3.63, 3.8) is 0 Å². The summed E-state index contributed by atoms with van der Waals surface area (Å²) in [6.07, 6.45) is -4.52. The Kier molecular flexibility index (Phi) is 3.35. The molecule has 0 N–H and O–H groups in total. The first-order valence-corrected chi connectivity index (χ1v) is 4.82. The fourth-order valence-corrected chi connectivity index (χ4v) is 1.21. The molecule has 1 rings (SSSR count). The van der Waals surface area contributed by atoms with E-state index in [1.165, 1.54) is 13.0 Å². The van der Waals surface area contributed by atoms with E-state index in [2.05, 4.69) is 4.98 Å². The predicted octanol–water partition coefficient (Wildman–Crippen LogP) is 3.43. The summed E-state index contributed by atoms with van der Waals surface area (Å²) in [6.45, 7) is 4.73. The van der Waals surface area contributed by atoms with Crippen molar-refractivity contribution >= 4 is 5.78 Å². The van der Waals surface area contributed by atoms with Crippen LogP contribution in [0.2, 0.25) is 0 Å². The second-order valence-corrected chi connectivity index (χ2v) is 3.88. The number of Topliss-reactive ketones (excluding diaryl/α,β-unsaturated/α-hetero) is 1. The summed E-state index contributed by atoms with van der Waals surface area (Å²) in [7, 11) is 0. The van der Waals surface area contributed by atoms with Gasteiger partial charge < -0.3 is 0 Å². The summed E-state index contributed by atoms with van der Waals surface area (Å²) in [4.78, 5) is 14.4. The van der Waals surface area contributed by atoms with Crippen LogP contribution >= 0.6 is 0 Å². The van der Waals surface area contributed by atoms with E-state index in [0.29, 0.717) is 5.56 Å². The molecular formula is C11H12F3NO. The lowest BCUT2D eigenvalue weighted by Gasteiger charge is -2.11. The molecule has 5 heteroatoms. The van der Waals surface area contributed by atoms with Crippen molar-refractivity contribution in [1.82, 2.24) is 4.98 Å². The van der Waals surface area contributed by atoms with Gasteiger partial charge in [-0.15, -0.1) is 0 Å². The van der Waals surface area contributed by atoms with E-state index in [-0.39, 0.29) is 11.6 Å². The first-order chi connectivity index (χ1) is 7.21. The summed E-state index contributed by atoms with van der Waals surface area (Å²) in [5.41, 5.74) is -0.685. The molecule has 0 bridgehead atoms. The molecular weight excluding hydrogens is 219 g/mol. The summed E-state index contributed by atoms with van der Waals surface area (Å²) >= 11 is 0. The van der Waals surface area contributed by atoms with E-state index >= 15 is 0 Å². The van der Waals surface area contributed by atoms with Crippen LogP contribution in [-0.2, 0) is 6.18 Å². The molecule has 0 fully saturated rings. The molecule has 0 unspecified atom stereocenters. The molecule has 0 spiro atoms. The van der Waals surface area contributed by atoms with Crippen LogP contribution in [0.15, 0.2) is 12.1 Å². The molecule has 0 atom stereocenters. The average Bonchev–Trinajstić information content (AvgIpc) is 2.15. The maximum atomic E-state index is 12.5. The minimum Gasteiger partial charge on any atom is -0.293 e. The summed E-state index contributed by atoms with van der Waals surface area (Å²) in [5.74, 6) is -0.546. The third-order valence-corrected chi connectivity index (χ3v) is 2.17.